The van der Waals surface area contributed by atoms with Crippen LogP contribution in [-0.2, 0) is 10.2 Å². The molecule has 0 saturated heterocycles. The van der Waals surface area contributed by atoms with Crippen molar-refractivity contribution in [3.63, 3.8) is 0 Å². The standard InChI is InChI=1S/C10H13Cl.CHClO/c1-10(2,3)8-5-4-6-9(11)7-8;2-1-3/h4-7H,1-3H3;1H. The monoisotopic (exact) mass is 232 g/mol. The van der Waals surface area contributed by atoms with E-state index in [0.29, 0.717) is 0 Å². The van der Waals surface area contributed by atoms with Gasteiger partial charge in [0.15, 0.2) is 0 Å². The largest absolute Gasteiger partial charge is 0.285 e. The average molecular weight is 233 g/mol. The zero-order chi connectivity index (χ0) is 11.2. The van der Waals surface area contributed by atoms with Crippen molar-refractivity contribution in [2.24, 2.45) is 0 Å². The Morgan fingerprint density at radius 2 is 1.79 bits per heavy atom. The van der Waals surface area contributed by atoms with Crippen LogP contribution in [0.1, 0.15) is 26.3 Å². The van der Waals surface area contributed by atoms with Gasteiger partial charge in [0.2, 0.25) is 5.75 Å². The van der Waals surface area contributed by atoms with E-state index in [1.165, 1.54) is 5.56 Å². The first-order valence-corrected chi connectivity index (χ1v) is 5.03. The van der Waals surface area contributed by atoms with Crippen LogP contribution in [0.15, 0.2) is 24.3 Å². The van der Waals surface area contributed by atoms with Gasteiger partial charge in [-0.15, -0.1) is 0 Å². The molecule has 3 heteroatoms. The fourth-order valence-electron chi connectivity index (χ4n) is 0.955. The van der Waals surface area contributed by atoms with Gasteiger partial charge in [0.25, 0.3) is 0 Å². The summed E-state index contributed by atoms with van der Waals surface area (Å²) in [6.07, 6.45) is 0. The summed E-state index contributed by atoms with van der Waals surface area (Å²) in [5.41, 5.74) is 1.48. The van der Waals surface area contributed by atoms with Gasteiger partial charge in [0, 0.05) is 5.02 Å². The molecule has 0 spiro atoms. The first kappa shape index (κ1) is 13.5. The number of halogens is 2. The predicted octanol–water partition coefficient (Wildman–Crippen LogP) is 4.05. The van der Waals surface area contributed by atoms with Crippen molar-refractivity contribution in [3.8, 4) is 0 Å². The molecule has 0 fully saturated rings. The van der Waals surface area contributed by atoms with Crippen molar-refractivity contribution >= 4 is 28.9 Å². The normalized spacial score (nSPS) is 10.1. The van der Waals surface area contributed by atoms with E-state index in [-0.39, 0.29) is 11.2 Å². The van der Waals surface area contributed by atoms with Crippen molar-refractivity contribution in [3.05, 3.63) is 34.9 Å². The highest BCUT2D eigenvalue weighted by Gasteiger charge is 2.12. The number of rotatable bonds is 0. The fourth-order valence-corrected chi connectivity index (χ4v) is 1.15. The number of carbonyl (C=O) groups excluding carboxylic acids is 1. The zero-order valence-electron chi connectivity index (χ0n) is 8.55. The molecule has 0 aliphatic carbocycles. The highest BCUT2D eigenvalue weighted by Crippen LogP contribution is 2.24. The van der Waals surface area contributed by atoms with E-state index in [1.54, 1.807) is 0 Å². The maximum atomic E-state index is 8.57. The summed E-state index contributed by atoms with van der Waals surface area (Å²) in [6.45, 7) is 6.54. The molecular weight excluding hydrogens is 219 g/mol. The van der Waals surface area contributed by atoms with Crippen LogP contribution in [0.25, 0.3) is 0 Å². The number of hydrogen-bond donors (Lipinski definition) is 0. The minimum absolute atomic E-state index is 0.199. The van der Waals surface area contributed by atoms with Crippen LogP contribution < -0.4 is 0 Å². The Balaban J connectivity index is 0.000000500. The van der Waals surface area contributed by atoms with Crippen LogP contribution in [0, 0.1) is 0 Å². The van der Waals surface area contributed by atoms with Gasteiger partial charge in [0.1, 0.15) is 0 Å². The molecule has 1 rings (SSSR count). The molecule has 0 aliphatic rings. The molecule has 0 aromatic heterocycles. The third-order valence-electron chi connectivity index (χ3n) is 1.69. The lowest BCUT2D eigenvalue weighted by Gasteiger charge is -2.18. The summed E-state index contributed by atoms with van der Waals surface area (Å²) in [4.78, 5) is 8.57. The van der Waals surface area contributed by atoms with E-state index in [2.05, 4.69) is 38.4 Å². The summed E-state index contributed by atoms with van der Waals surface area (Å²) in [5.74, 6) is 0.222. The molecule has 1 nitrogen and oxygen atoms in total. The van der Waals surface area contributed by atoms with E-state index in [4.69, 9.17) is 16.4 Å². The summed E-state index contributed by atoms with van der Waals surface area (Å²) < 4.78 is 0. The smallest absolute Gasteiger partial charge is 0.208 e. The third kappa shape index (κ3) is 5.25. The van der Waals surface area contributed by atoms with E-state index in [9.17, 15) is 0 Å². The average Bonchev–Trinajstić information content (AvgIpc) is 2.04. The molecule has 0 atom stereocenters. The lowest BCUT2D eigenvalue weighted by molar-refractivity contribution is 0.569. The zero-order valence-corrected chi connectivity index (χ0v) is 10.1. The Hall–Kier alpha value is -0.530. The van der Waals surface area contributed by atoms with Crippen LogP contribution in [0.4, 0.5) is 0 Å². The van der Waals surface area contributed by atoms with Gasteiger partial charge in [-0.05, 0) is 34.7 Å². The van der Waals surface area contributed by atoms with Crippen LogP contribution in [0.3, 0.4) is 0 Å². The van der Waals surface area contributed by atoms with E-state index in [1.807, 2.05) is 18.2 Å². The first-order valence-electron chi connectivity index (χ1n) is 4.21. The molecule has 0 amide bonds. The predicted molar refractivity (Wildman–Crippen MR) is 62.8 cm³/mol. The van der Waals surface area contributed by atoms with Crippen LogP contribution in [0.2, 0.25) is 5.02 Å². The maximum Gasteiger partial charge on any atom is 0.208 e. The Kier molecular flexibility index (Phi) is 5.82. The molecular formula is C11H14Cl2O. The second-order valence-electron chi connectivity index (χ2n) is 3.85. The lowest BCUT2D eigenvalue weighted by Crippen LogP contribution is -2.10. The van der Waals surface area contributed by atoms with Gasteiger partial charge in [-0.1, -0.05) is 44.5 Å². The van der Waals surface area contributed by atoms with E-state index < -0.39 is 0 Å². The highest BCUT2D eigenvalue weighted by molar-refractivity contribution is 6.54. The maximum absolute atomic E-state index is 8.57. The van der Waals surface area contributed by atoms with Gasteiger partial charge < -0.3 is 0 Å². The van der Waals surface area contributed by atoms with Crippen molar-refractivity contribution in [2.75, 3.05) is 0 Å². The van der Waals surface area contributed by atoms with Crippen molar-refractivity contribution in [2.45, 2.75) is 26.2 Å². The van der Waals surface area contributed by atoms with Crippen molar-refractivity contribution < 1.29 is 4.79 Å². The molecule has 0 heterocycles. The molecule has 14 heavy (non-hydrogen) atoms. The molecule has 1 aromatic carbocycles. The molecule has 0 saturated carbocycles. The van der Waals surface area contributed by atoms with Gasteiger partial charge in [0.05, 0.1) is 0 Å². The van der Waals surface area contributed by atoms with Gasteiger partial charge in [-0.2, -0.15) is 0 Å². The highest BCUT2D eigenvalue weighted by atomic mass is 35.5. The Morgan fingerprint density at radius 1 is 1.29 bits per heavy atom. The summed E-state index contributed by atoms with van der Waals surface area (Å²) in [7, 11) is 0. The first-order chi connectivity index (χ1) is 6.41. The summed E-state index contributed by atoms with van der Waals surface area (Å²) >= 11 is 10.2. The van der Waals surface area contributed by atoms with Gasteiger partial charge in [-0.25, -0.2) is 0 Å². The number of benzene rings is 1. The van der Waals surface area contributed by atoms with Crippen molar-refractivity contribution in [1.29, 1.82) is 0 Å². The van der Waals surface area contributed by atoms with Crippen molar-refractivity contribution in [1.82, 2.24) is 0 Å². The quantitative estimate of drug-likeness (QED) is 0.488. The summed E-state index contributed by atoms with van der Waals surface area (Å²) in [6, 6.07) is 8.01. The van der Waals surface area contributed by atoms with Crippen LogP contribution in [0.5, 0.6) is 0 Å². The van der Waals surface area contributed by atoms with E-state index in [0.717, 1.165) is 5.02 Å². The van der Waals surface area contributed by atoms with E-state index >= 15 is 0 Å². The molecule has 0 aliphatic heterocycles. The fraction of sp³-hybridized carbons (Fsp3) is 0.364. The Morgan fingerprint density at radius 3 is 2.07 bits per heavy atom. The van der Waals surface area contributed by atoms with Crippen LogP contribution >= 0.6 is 23.2 Å². The molecule has 78 valence electrons. The van der Waals surface area contributed by atoms with Gasteiger partial charge in [-0.3, -0.25) is 4.79 Å². The molecule has 0 bridgehead atoms. The minimum atomic E-state index is 0.199. The number of hydrogen-bond acceptors (Lipinski definition) is 1. The number of carbonyl (C=O) groups is 1. The van der Waals surface area contributed by atoms with Crippen LogP contribution in [-0.4, -0.2) is 5.75 Å². The lowest BCUT2D eigenvalue weighted by atomic mass is 9.87. The molecule has 1 aromatic rings. The topological polar surface area (TPSA) is 17.1 Å². The molecule has 0 radical (unpaired) electrons. The SMILES string of the molecule is CC(C)(C)c1cccc(Cl)c1.O=CCl. The Bertz CT molecular complexity index is 290. The summed E-state index contributed by atoms with van der Waals surface area (Å²) in [5, 5.41) is 0.817. The second kappa shape index (κ2) is 6.05. The minimum Gasteiger partial charge on any atom is -0.285 e. The van der Waals surface area contributed by atoms with Gasteiger partial charge >= 0.3 is 0 Å². The molecule has 0 unspecified atom stereocenters. The molecule has 0 N–H and O–H groups in total. The Labute approximate surface area is 95.0 Å². The second-order valence-corrected chi connectivity index (χ2v) is 4.46. The third-order valence-corrected chi connectivity index (χ3v) is 1.93.